The maximum atomic E-state index is 5.62. The molecule has 17 heavy (non-hydrogen) atoms. The molecule has 0 saturated heterocycles. The molecule has 0 unspecified atom stereocenters. The summed E-state index contributed by atoms with van der Waals surface area (Å²) < 4.78 is 6.60. The average Bonchev–Trinajstić information content (AvgIpc) is 2.38. The largest absolute Gasteiger partial charge is 0.488 e. The topological polar surface area (TPSA) is 9.23 Å². The van der Waals surface area contributed by atoms with Crippen LogP contribution in [0.2, 0.25) is 0 Å². The van der Waals surface area contributed by atoms with Crippen LogP contribution in [0.5, 0.6) is 5.75 Å². The summed E-state index contributed by atoms with van der Waals surface area (Å²) in [5.74, 6) is 0.866. The molecule has 0 aromatic heterocycles. The second-order valence-electron chi connectivity index (χ2n) is 3.55. The summed E-state index contributed by atoms with van der Waals surface area (Å²) >= 11 is 3.44. The first kappa shape index (κ1) is 11.9. The molecule has 0 aliphatic carbocycles. The Morgan fingerprint density at radius 3 is 2.41 bits per heavy atom. The molecule has 0 aliphatic rings. The van der Waals surface area contributed by atoms with Gasteiger partial charge in [0.2, 0.25) is 0 Å². The second-order valence-corrected chi connectivity index (χ2v) is 4.41. The van der Waals surface area contributed by atoms with Crippen molar-refractivity contribution in [3.05, 3.63) is 70.7 Å². The first-order valence-electron chi connectivity index (χ1n) is 5.45. The second kappa shape index (κ2) is 6.26. The average molecular weight is 289 g/mol. The molecule has 0 radical (unpaired) electrons. The van der Waals surface area contributed by atoms with Gasteiger partial charge in [-0.2, -0.15) is 0 Å². The highest BCUT2D eigenvalue weighted by Gasteiger charge is 1.96. The van der Waals surface area contributed by atoms with Gasteiger partial charge in [-0.1, -0.05) is 48.5 Å². The van der Waals surface area contributed by atoms with Crippen molar-refractivity contribution in [2.24, 2.45) is 0 Å². The van der Waals surface area contributed by atoms with E-state index < -0.39 is 0 Å². The quantitative estimate of drug-likeness (QED) is 0.802. The molecule has 0 atom stereocenters. The van der Waals surface area contributed by atoms with E-state index in [1.165, 1.54) is 5.56 Å². The lowest BCUT2D eigenvalue weighted by molar-refractivity contribution is 0.361. The van der Waals surface area contributed by atoms with Crippen molar-refractivity contribution in [3.8, 4) is 5.75 Å². The molecule has 2 aromatic carbocycles. The van der Waals surface area contributed by atoms with E-state index in [4.69, 9.17) is 4.74 Å². The van der Waals surface area contributed by atoms with E-state index in [0.29, 0.717) is 6.61 Å². The van der Waals surface area contributed by atoms with E-state index in [-0.39, 0.29) is 0 Å². The minimum absolute atomic E-state index is 0.567. The molecule has 0 spiro atoms. The summed E-state index contributed by atoms with van der Waals surface area (Å²) in [4.78, 5) is 0. The number of benzene rings is 2. The molecule has 1 nitrogen and oxygen atoms in total. The highest BCUT2D eigenvalue weighted by Crippen LogP contribution is 2.23. The van der Waals surface area contributed by atoms with Crippen LogP contribution in [-0.2, 0) is 0 Å². The fourth-order valence-electron chi connectivity index (χ4n) is 1.45. The molecule has 2 rings (SSSR count). The number of rotatable bonds is 4. The van der Waals surface area contributed by atoms with Crippen LogP contribution >= 0.6 is 15.9 Å². The Kier molecular flexibility index (Phi) is 4.39. The molecule has 0 saturated carbocycles. The van der Waals surface area contributed by atoms with Gasteiger partial charge in [0.05, 0.1) is 4.47 Å². The molecular formula is C15H13BrO. The lowest BCUT2D eigenvalue weighted by Gasteiger charge is -2.04. The Balaban J connectivity index is 1.88. The maximum Gasteiger partial charge on any atom is 0.133 e. The summed E-state index contributed by atoms with van der Waals surface area (Å²) in [7, 11) is 0. The maximum absolute atomic E-state index is 5.62. The Hall–Kier alpha value is -1.54. The zero-order chi connectivity index (χ0) is 11.9. The summed E-state index contributed by atoms with van der Waals surface area (Å²) in [5.41, 5.74) is 1.18. The van der Waals surface area contributed by atoms with Gasteiger partial charge in [-0.3, -0.25) is 0 Å². The number of hydrogen-bond donors (Lipinski definition) is 0. The third-order valence-corrected chi connectivity index (χ3v) is 2.94. The molecule has 0 N–H and O–H groups in total. The number of hydrogen-bond acceptors (Lipinski definition) is 1. The summed E-state index contributed by atoms with van der Waals surface area (Å²) in [6.45, 7) is 0.567. The third-order valence-electron chi connectivity index (χ3n) is 2.28. The lowest BCUT2D eigenvalue weighted by atomic mass is 10.2. The monoisotopic (exact) mass is 288 g/mol. The van der Waals surface area contributed by atoms with Crippen molar-refractivity contribution in [3.63, 3.8) is 0 Å². The Morgan fingerprint density at radius 1 is 0.941 bits per heavy atom. The first-order chi connectivity index (χ1) is 8.36. The number of para-hydroxylation sites is 1. The van der Waals surface area contributed by atoms with Gasteiger partial charge in [0, 0.05) is 0 Å². The summed E-state index contributed by atoms with van der Waals surface area (Å²) in [6.07, 6.45) is 4.06. The fraction of sp³-hybridized carbons (Fsp3) is 0.0667. The highest BCUT2D eigenvalue weighted by molar-refractivity contribution is 9.10. The minimum Gasteiger partial charge on any atom is -0.488 e. The van der Waals surface area contributed by atoms with Crippen molar-refractivity contribution in [1.82, 2.24) is 0 Å². The van der Waals surface area contributed by atoms with Gasteiger partial charge < -0.3 is 4.74 Å². The van der Waals surface area contributed by atoms with Gasteiger partial charge in [-0.25, -0.2) is 0 Å². The number of ether oxygens (including phenoxy) is 1. The van der Waals surface area contributed by atoms with Crippen molar-refractivity contribution < 1.29 is 4.74 Å². The van der Waals surface area contributed by atoms with Crippen molar-refractivity contribution in [2.45, 2.75) is 0 Å². The van der Waals surface area contributed by atoms with E-state index in [9.17, 15) is 0 Å². The molecule has 2 heteroatoms. The van der Waals surface area contributed by atoms with Gasteiger partial charge >= 0.3 is 0 Å². The van der Waals surface area contributed by atoms with Crippen LogP contribution in [0.3, 0.4) is 0 Å². The van der Waals surface area contributed by atoms with Crippen LogP contribution in [-0.4, -0.2) is 6.61 Å². The fourth-order valence-corrected chi connectivity index (χ4v) is 1.85. The zero-order valence-electron chi connectivity index (χ0n) is 9.34. The summed E-state index contributed by atoms with van der Waals surface area (Å²) in [5, 5.41) is 0. The third kappa shape index (κ3) is 3.75. The smallest absolute Gasteiger partial charge is 0.133 e. The standard InChI is InChI=1S/C15H13BrO/c16-14-10-4-5-11-15(14)17-12-6-9-13-7-2-1-3-8-13/h1-11H,12H2/b9-6-. The van der Waals surface area contributed by atoms with E-state index in [1.54, 1.807) is 0 Å². The van der Waals surface area contributed by atoms with Gasteiger partial charge in [-0.05, 0) is 39.7 Å². The van der Waals surface area contributed by atoms with E-state index in [2.05, 4.69) is 34.1 Å². The molecule has 0 aliphatic heterocycles. The van der Waals surface area contributed by atoms with E-state index in [0.717, 1.165) is 10.2 Å². The van der Waals surface area contributed by atoms with Crippen LogP contribution in [0.4, 0.5) is 0 Å². The molecular weight excluding hydrogens is 276 g/mol. The van der Waals surface area contributed by atoms with E-state index in [1.807, 2.05) is 48.5 Å². The highest BCUT2D eigenvalue weighted by atomic mass is 79.9. The number of halogens is 1. The lowest BCUT2D eigenvalue weighted by Crippen LogP contribution is -1.93. The molecule has 2 aromatic rings. The van der Waals surface area contributed by atoms with Crippen molar-refractivity contribution in [2.75, 3.05) is 6.61 Å². The molecule has 86 valence electrons. The van der Waals surface area contributed by atoms with E-state index >= 15 is 0 Å². The minimum atomic E-state index is 0.567. The summed E-state index contributed by atoms with van der Waals surface area (Å²) in [6, 6.07) is 18.0. The van der Waals surface area contributed by atoms with Crippen LogP contribution in [0, 0.1) is 0 Å². The van der Waals surface area contributed by atoms with Gasteiger partial charge in [0.25, 0.3) is 0 Å². The predicted octanol–water partition coefficient (Wildman–Crippen LogP) is 4.54. The normalized spacial score (nSPS) is 10.6. The van der Waals surface area contributed by atoms with Gasteiger partial charge in [0.1, 0.15) is 12.4 Å². The molecule has 0 heterocycles. The first-order valence-corrected chi connectivity index (χ1v) is 6.24. The van der Waals surface area contributed by atoms with Crippen LogP contribution in [0.1, 0.15) is 5.56 Å². The van der Waals surface area contributed by atoms with Gasteiger partial charge in [0.15, 0.2) is 0 Å². The van der Waals surface area contributed by atoms with Crippen molar-refractivity contribution >= 4 is 22.0 Å². The van der Waals surface area contributed by atoms with Crippen LogP contribution in [0.15, 0.2) is 65.1 Å². The Bertz CT molecular complexity index is 491. The zero-order valence-corrected chi connectivity index (χ0v) is 10.9. The molecule has 0 amide bonds. The predicted molar refractivity (Wildman–Crippen MR) is 75.1 cm³/mol. The Morgan fingerprint density at radius 2 is 1.65 bits per heavy atom. The van der Waals surface area contributed by atoms with Crippen LogP contribution < -0.4 is 4.74 Å². The molecule has 0 fully saturated rings. The van der Waals surface area contributed by atoms with Gasteiger partial charge in [-0.15, -0.1) is 0 Å². The SMILES string of the molecule is Brc1ccccc1OC/C=C\c1ccccc1. The van der Waals surface area contributed by atoms with Crippen molar-refractivity contribution in [1.29, 1.82) is 0 Å². The molecule has 0 bridgehead atoms. The van der Waals surface area contributed by atoms with Crippen LogP contribution in [0.25, 0.3) is 6.08 Å². The Labute approximate surface area is 110 Å².